The molecule has 1 heterocycles. The quantitative estimate of drug-likeness (QED) is 0.653. The van der Waals surface area contributed by atoms with Crippen LogP contribution in [0.5, 0.6) is 0 Å². The lowest BCUT2D eigenvalue weighted by Gasteiger charge is -2.34. The molecule has 30 heavy (non-hydrogen) atoms. The Labute approximate surface area is 183 Å². The first-order valence-corrected chi connectivity index (χ1v) is 11.6. The Bertz CT molecular complexity index is 1010. The largest absolute Gasteiger partial charge is 0.349 e. The van der Waals surface area contributed by atoms with Crippen molar-refractivity contribution in [3.05, 3.63) is 38.9 Å². The third-order valence-electron chi connectivity index (χ3n) is 6.80. The summed E-state index contributed by atoms with van der Waals surface area (Å²) in [4.78, 5) is 31.2. The van der Waals surface area contributed by atoms with Crippen LogP contribution in [0.3, 0.4) is 0 Å². The summed E-state index contributed by atoms with van der Waals surface area (Å²) in [5.74, 6) is 0.992. The number of benzene rings is 1. The molecule has 7 heteroatoms. The van der Waals surface area contributed by atoms with E-state index in [1.54, 1.807) is 22.8 Å². The van der Waals surface area contributed by atoms with Crippen LogP contribution in [0.15, 0.2) is 23.0 Å². The van der Waals surface area contributed by atoms with Gasteiger partial charge in [0.15, 0.2) is 4.77 Å². The average molecular weight is 431 g/mol. The number of carbonyl (C=O) groups is 1. The number of nitrogens with zero attached hydrogens (tertiary/aromatic N) is 2. The van der Waals surface area contributed by atoms with Gasteiger partial charge in [-0.15, -0.1) is 0 Å². The maximum absolute atomic E-state index is 13.0. The molecule has 0 saturated heterocycles. The predicted molar refractivity (Wildman–Crippen MR) is 125 cm³/mol. The normalized spacial score (nSPS) is 21.8. The molecule has 0 bridgehead atoms. The highest BCUT2D eigenvalue weighted by Gasteiger charge is 2.28. The fraction of sp³-hybridized carbons (Fsp3) is 0.609. The minimum atomic E-state index is -0.109. The van der Waals surface area contributed by atoms with E-state index in [1.807, 2.05) is 0 Å². The van der Waals surface area contributed by atoms with Gasteiger partial charge in [-0.3, -0.25) is 14.2 Å². The zero-order valence-corrected chi connectivity index (χ0v) is 19.3. The topological polar surface area (TPSA) is 70.1 Å². The molecular formula is C23H34N4O2S. The first-order valence-electron chi connectivity index (χ1n) is 11.2. The van der Waals surface area contributed by atoms with E-state index in [4.69, 9.17) is 12.2 Å². The number of hydrogen-bond acceptors (Lipinski definition) is 4. The summed E-state index contributed by atoms with van der Waals surface area (Å²) in [7, 11) is 0. The van der Waals surface area contributed by atoms with Crippen LogP contribution in [0.4, 0.5) is 0 Å². The number of nitrogens with one attached hydrogen (secondary N) is 2. The van der Waals surface area contributed by atoms with Crippen molar-refractivity contribution in [2.75, 3.05) is 19.6 Å². The average Bonchev–Trinajstić information content (AvgIpc) is 2.73. The summed E-state index contributed by atoms with van der Waals surface area (Å²) in [5.41, 5.74) is 1.06. The van der Waals surface area contributed by atoms with E-state index in [-0.39, 0.29) is 17.5 Å². The molecule has 1 aliphatic carbocycles. The molecule has 1 aliphatic rings. The standard InChI is InChI=1S/C23H34N4O2S/c1-5-26(6-2)12-13-27-22(29)18-11-10-17(14-20(18)25-23(27)30)21(28)24-19-9-7-8-15(3)16(19)4/h10-11,14-16,19H,5-9,12-13H2,1-4H3,(H,24,28)(H,25,30). The number of H-pyrrole nitrogens is 1. The van der Waals surface area contributed by atoms with Crippen LogP contribution in [0.25, 0.3) is 10.9 Å². The molecule has 0 aliphatic heterocycles. The van der Waals surface area contributed by atoms with Gasteiger partial charge in [-0.1, -0.05) is 40.5 Å². The Kier molecular flexibility index (Phi) is 7.47. The van der Waals surface area contributed by atoms with Crippen molar-refractivity contribution in [2.24, 2.45) is 11.8 Å². The molecule has 0 spiro atoms. The maximum Gasteiger partial charge on any atom is 0.262 e. The lowest BCUT2D eigenvalue weighted by Crippen LogP contribution is -2.43. The van der Waals surface area contributed by atoms with Crippen LogP contribution in [0, 0.1) is 16.6 Å². The second kappa shape index (κ2) is 9.88. The van der Waals surface area contributed by atoms with E-state index in [1.165, 1.54) is 6.42 Å². The number of aromatic amines is 1. The van der Waals surface area contributed by atoms with Gasteiger partial charge >= 0.3 is 0 Å². The number of aromatic nitrogens is 2. The molecule has 3 rings (SSSR count). The highest BCUT2D eigenvalue weighted by Crippen LogP contribution is 2.29. The third-order valence-corrected chi connectivity index (χ3v) is 7.12. The highest BCUT2D eigenvalue weighted by molar-refractivity contribution is 7.71. The first kappa shape index (κ1) is 22.7. The molecule has 1 aromatic heterocycles. The Morgan fingerprint density at radius 1 is 1.27 bits per heavy atom. The van der Waals surface area contributed by atoms with Crippen molar-refractivity contribution in [2.45, 2.75) is 59.5 Å². The van der Waals surface area contributed by atoms with E-state index in [2.05, 4.69) is 42.9 Å². The molecular weight excluding hydrogens is 396 g/mol. The molecule has 3 unspecified atom stereocenters. The molecule has 1 fully saturated rings. The summed E-state index contributed by atoms with van der Waals surface area (Å²) in [6.45, 7) is 11.9. The van der Waals surface area contributed by atoms with Crippen molar-refractivity contribution in [3.63, 3.8) is 0 Å². The molecule has 164 valence electrons. The fourth-order valence-electron chi connectivity index (χ4n) is 4.42. The van der Waals surface area contributed by atoms with Crippen LogP contribution in [0.2, 0.25) is 0 Å². The van der Waals surface area contributed by atoms with Gasteiger partial charge in [0.1, 0.15) is 0 Å². The van der Waals surface area contributed by atoms with Gasteiger partial charge in [-0.05, 0) is 61.8 Å². The molecule has 1 saturated carbocycles. The zero-order chi connectivity index (χ0) is 21.8. The van der Waals surface area contributed by atoms with Gasteiger partial charge in [-0.2, -0.15) is 0 Å². The molecule has 2 N–H and O–H groups in total. The first-order chi connectivity index (χ1) is 14.3. The Morgan fingerprint density at radius 3 is 2.70 bits per heavy atom. The van der Waals surface area contributed by atoms with Gasteiger partial charge in [0.2, 0.25) is 0 Å². The van der Waals surface area contributed by atoms with Crippen molar-refractivity contribution in [3.8, 4) is 0 Å². The molecule has 1 amide bonds. The Hall–Kier alpha value is -1.99. The summed E-state index contributed by atoms with van der Waals surface area (Å²) in [6, 6.07) is 5.41. The Morgan fingerprint density at radius 2 is 2.00 bits per heavy atom. The number of hydrogen-bond donors (Lipinski definition) is 2. The Balaban J connectivity index is 1.82. The second-order valence-corrected chi connectivity index (χ2v) is 8.91. The number of carbonyl (C=O) groups excluding carboxylic acids is 1. The lowest BCUT2D eigenvalue weighted by atomic mass is 9.78. The van der Waals surface area contributed by atoms with Crippen LogP contribution < -0.4 is 10.9 Å². The van der Waals surface area contributed by atoms with Gasteiger partial charge < -0.3 is 15.2 Å². The maximum atomic E-state index is 13.0. The van der Waals surface area contributed by atoms with Crippen LogP contribution in [-0.4, -0.2) is 46.0 Å². The second-order valence-electron chi connectivity index (χ2n) is 8.52. The van der Waals surface area contributed by atoms with E-state index < -0.39 is 0 Å². The van der Waals surface area contributed by atoms with Gasteiger partial charge in [-0.25, -0.2) is 0 Å². The van der Waals surface area contributed by atoms with Crippen LogP contribution in [0.1, 0.15) is 57.3 Å². The minimum absolute atomic E-state index is 0.0899. The van der Waals surface area contributed by atoms with Crippen LogP contribution >= 0.6 is 12.2 Å². The zero-order valence-electron chi connectivity index (χ0n) is 18.5. The van der Waals surface area contributed by atoms with Gasteiger partial charge in [0.25, 0.3) is 11.5 Å². The number of likely N-dealkylation sites (N-methyl/N-ethyl adjacent to an activating group) is 1. The molecule has 3 atom stereocenters. The van der Waals surface area contributed by atoms with E-state index in [0.29, 0.717) is 39.6 Å². The summed E-state index contributed by atoms with van der Waals surface area (Å²) in [5, 5.41) is 3.75. The molecule has 6 nitrogen and oxygen atoms in total. The van der Waals surface area contributed by atoms with Gasteiger partial charge in [0, 0.05) is 24.7 Å². The monoisotopic (exact) mass is 430 g/mol. The van der Waals surface area contributed by atoms with Crippen molar-refractivity contribution in [1.29, 1.82) is 0 Å². The third kappa shape index (κ3) is 4.83. The van der Waals surface area contributed by atoms with E-state index >= 15 is 0 Å². The molecule has 0 radical (unpaired) electrons. The summed E-state index contributed by atoms with van der Waals surface area (Å²) in [6.07, 6.45) is 3.39. The van der Waals surface area contributed by atoms with Gasteiger partial charge in [0.05, 0.1) is 10.9 Å². The molecule has 2 aromatic rings. The smallest absolute Gasteiger partial charge is 0.262 e. The molecule has 1 aromatic carbocycles. The predicted octanol–water partition coefficient (Wildman–Crippen LogP) is 3.96. The minimum Gasteiger partial charge on any atom is -0.349 e. The lowest BCUT2D eigenvalue weighted by molar-refractivity contribution is 0.0891. The van der Waals surface area contributed by atoms with Crippen LogP contribution in [-0.2, 0) is 6.54 Å². The SMILES string of the molecule is CCN(CC)CCn1c(=S)[nH]c2cc(C(=O)NC3CCCC(C)C3C)ccc2c1=O. The highest BCUT2D eigenvalue weighted by atomic mass is 32.1. The van der Waals surface area contributed by atoms with E-state index in [0.717, 1.165) is 32.5 Å². The fourth-order valence-corrected chi connectivity index (χ4v) is 4.70. The van der Waals surface area contributed by atoms with Crippen molar-refractivity contribution >= 4 is 29.0 Å². The van der Waals surface area contributed by atoms with Crippen molar-refractivity contribution < 1.29 is 4.79 Å². The number of rotatable bonds is 7. The summed E-state index contributed by atoms with van der Waals surface area (Å²) >= 11 is 5.45. The number of fused-ring (bicyclic) bond motifs is 1. The van der Waals surface area contributed by atoms with Crippen molar-refractivity contribution in [1.82, 2.24) is 19.8 Å². The summed E-state index contributed by atoms with van der Waals surface area (Å²) < 4.78 is 2.01. The van der Waals surface area contributed by atoms with E-state index in [9.17, 15) is 9.59 Å². The number of amides is 1.